The van der Waals surface area contributed by atoms with Crippen LogP contribution in [0.5, 0.6) is 0 Å². The molecule has 11 aromatic carbocycles. The molecule has 3 heterocycles. The first-order valence-corrected chi connectivity index (χ1v) is 24.3. The average Bonchev–Trinajstić information content (AvgIpc) is 4.24. The molecule has 0 bridgehead atoms. The molecule has 4 nitrogen and oxygen atoms in total. The fraction of sp³-hybridized carbons (Fsp3) is 0.0149. The van der Waals surface area contributed by atoms with Gasteiger partial charge in [-0.1, -0.05) is 176 Å². The molecule has 16 rings (SSSR count). The van der Waals surface area contributed by atoms with Gasteiger partial charge < -0.3 is 18.2 Å². The standard InChI is InChI=1S/C67H39NO3/c1-2-15-40(16-3-1)41-29-31-42(32-30-41)68(44-33-35-48-47-19-6-11-26-57(47)67(58(48)38-44)55-24-9-4-17-45(55)46-18-5-10-25-56(46)67)43-34-36-61-53(37-43)54-39-62-63(51-21-8-13-28-60(51)69-62)64(66(54)71-61)52-23-14-22-50-49-20-7-12-27-59(49)70-65(50)52/h1-39H. The van der Waals surface area contributed by atoms with Crippen molar-refractivity contribution in [1.82, 2.24) is 0 Å². The summed E-state index contributed by atoms with van der Waals surface area (Å²) in [5.74, 6) is 0. The van der Waals surface area contributed by atoms with E-state index in [-0.39, 0.29) is 0 Å². The monoisotopic (exact) mass is 905 g/mol. The third kappa shape index (κ3) is 5.23. The molecule has 3 aromatic heterocycles. The van der Waals surface area contributed by atoms with Crippen LogP contribution >= 0.6 is 0 Å². The Morgan fingerprint density at radius 3 is 1.54 bits per heavy atom. The molecule has 0 N–H and O–H groups in total. The molecule has 71 heavy (non-hydrogen) atoms. The summed E-state index contributed by atoms with van der Waals surface area (Å²) >= 11 is 0. The summed E-state index contributed by atoms with van der Waals surface area (Å²) in [4.78, 5) is 2.41. The van der Waals surface area contributed by atoms with Crippen LogP contribution in [0.1, 0.15) is 22.3 Å². The van der Waals surface area contributed by atoms with E-state index in [1.165, 1.54) is 50.1 Å². The summed E-state index contributed by atoms with van der Waals surface area (Å²) in [6, 6.07) is 85.5. The maximum Gasteiger partial charge on any atom is 0.144 e. The highest BCUT2D eigenvalue weighted by Gasteiger charge is 2.51. The number of furan rings is 3. The molecule has 0 radical (unpaired) electrons. The second kappa shape index (κ2) is 14.3. The molecule has 0 unspecified atom stereocenters. The molecule has 0 aliphatic heterocycles. The van der Waals surface area contributed by atoms with E-state index in [0.29, 0.717) is 0 Å². The molecule has 0 saturated heterocycles. The quantitative estimate of drug-likeness (QED) is 0.173. The van der Waals surface area contributed by atoms with Crippen molar-refractivity contribution in [2.75, 3.05) is 4.90 Å². The minimum atomic E-state index is -0.486. The van der Waals surface area contributed by atoms with Crippen LogP contribution < -0.4 is 4.90 Å². The Morgan fingerprint density at radius 1 is 0.282 bits per heavy atom. The zero-order valence-corrected chi connectivity index (χ0v) is 38.2. The topological polar surface area (TPSA) is 42.7 Å². The Balaban J connectivity index is 0.952. The fourth-order valence-corrected chi connectivity index (χ4v) is 12.5. The van der Waals surface area contributed by atoms with Gasteiger partial charge in [-0.15, -0.1) is 0 Å². The average molecular weight is 906 g/mol. The van der Waals surface area contributed by atoms with Gasteiger partial charge in [0.1, 0.15) is 33.5 Å². The third-order valence-electron chi connectivity index (χ3n) is 15.5. The van der Waals surface area contributed by atoms with Crippen LogP contribution in [0.3, 0.4) is 0 Å². The Morgan fingerprint density at radius 2 is 0.803 bits per heavy atom. The number of fused-ring (bicyclic) bond motifs is 19. The SMILES string of the molecule is c1ccc(-c2ccc(N(c3ccc4c(c3)C3(c5ccccc5-c5ccccc53)c3ccccc3-4)c3ccc4oc5c(-c6cccc7c6oc6ccccc67)c6c(cc5c4c3)oc3ccccc36)cc2)cc1. The van der Waals surface area contributed by atoms with Crippen LogP contribution in [0.15, 0.2) is 250 Å². The molecular formula is C67H39NO3. The summed E-state index contributed by atoms with van der Waals surface area (Å²) < 4.78 is 20.6. The largest absolute Gasteiger partial charge is 0.456 e. The lowest BCUT2D eigenvalue weighted by Gasteiger charge is -2.32. The van der Waals surface area contributed by atoms with Crippen LogP contribution in [0.4, 0.5) is 17.1 Å². The number of anilines is 3. The number of hydrogen-bond donors (Lipinski definition) is 0. The summed E-state index contributed by atoms with van der Waals surface area (Å²) in [6.45, 7) is 0. The van der Waals surface area contributed by atoms with Gasteiger partial charge in [0.05, 0.1) is 5.41 Å². The van der Waals surface area contributed by atoms with Crippen molar-refractivity contribution < 1.29 is 13.3 Å². The first-order chi connectivity index (χ1) is 35.2. The minimum absolute atomic E-state index is 0.486. The van der Waals surface area contributed by atoms with Gasteiger partial charge in [-0.2, -0.15) is 0 Å². The predicted octanol–water partition coefficient (Wildman–Crippen LogP) is 18.5. The number of hydrogen-bond acceptors (Lipinski definition) is 4. The highest BCUT2D eigenvalue weighted by Crippen LogP contribution is 2.63. The number of nitrogens with zero attached hydrogens (tertiary/aromatic N) is 1. The van der Waals surface area contributed by atoms with Crippen molar-refractivity contribution in [2.45, 2.75) is 5.41 Å². The van der Waals surface area contributed by atoms with Gasteiger partial charge in [0.25, 0.3) is 0 Å². The molecule has 14 aromatic rings. The van der Waals surface area contributed by atoms with Crippen LogP contribution in [0.2, 0.25) is 0 Å². The summed E-state index contributed by atoms with van der Waals surface area (Å²) in [5, 5.41) is 6.14. The molecule has 0 atom stereocenters. The molecule has 0 saturated carbocycles. The Bertz CT molecular complexity index is 4470. The zero-order chi connectivity index (χ0) is 46.4. The lowest BCUT2D eigenvalue weighted by molar-refractivity contribution is 0.662. The first-order valence-electron chi connectivity index (χ1n) is 24.3. The van der Waals surface area contributed by atoms with Gasteiger partial charge in [-0.25, -0.2) is 0 Å². The van der Waals surface area contributed by atoms with Crippen molar-refractivity contribution in [1.29, 1.82) is 0 Å². The van der Waals surface area contributed by atoms with E-state index in [1.54, 1.807) is 0 Å². The Kier molecular flexibility index (Phi) is 7.79. The van der Waals surface area contributed by atoms with E-state index in [2.05, 4.69) is 217 Å². The van der Waals surface area contributed by atoms with Gasteiger partial charge in [-0.3, -0.25) is 0 Å². The molecule has 1 spiro atoms. The highest BCUT2D eigenvalue weighted by atomic mass is 16.3. The van der Waals surface area contributed by atoms with Gasteiger partial charge in [-0.05, 0) is 116 Å². The summed E-state index contributed by atoms with van der Waals surface area (Å²) in [7, 11) is 0. The zero-order valence-electron chi connectivity index (χ0n) is 38.2. The van der Waals surface area contributed by atoms with Crippen LogP contribution in [-0.4, -0.2) is 0 Å². The normalized spacial score (nSPS) is 13.2. The van der Waals surface area contributed by atoms with E-state index in [4.69, 9.17) is 13.3 Å². The fourth-order valence-electron chi connectivity index (χ4n) is 12.5. The summed E-state index contributed by atoms with van der Waals surface area (Å²) in [6.07, 6.45) is 0. The van der Waals surface area contributed by atoms with Gasteiger partial charge in [0.15, 0.2) is 0 Å². The number of rotatable bonds is 5. The molecule has 2 aliphatic rings. The lowest BCUT2D eigenvalue weighted by atomic mass is 9.70. The third-order valence-corrected chi connectivity index (χ3v) is 15.5. The first kappa shape index (κ1) is 38.6. The number of para-hydroxylation sites is 3. The van der Waals surface area contributed by atoms with Crippen molar-refractivity contribution >= 4 is 82.9 Å². The van der Waals surface area contributed by atoms with Crippen LogP contribution in [-0.2, 0) is 5.41 Å². The Labute approximate surface area is 407 Å². The molecule has 2 aliphatic carbocycles. The van der Waals surface area contributed by atoms with Crippen LogP contribution in [0.25, 0.3) is 110 Å². The van der Waals surface area contributed by atoms with Crippen LogP contribution in [0, 0.1) is 0 Å². The van der Waals surface area contributed by atoms with Gasteiger partial charge >= 0.3 is 0 Å². The maximum absolute atomic E-state index is 7.12. The maximum atomic E-state index is 7.12. The van der Waals surface area contributed by atoms with Crippen molar-refractivity contribution in [3.05, 3.63) is 259 Å². The van der Waals surface area contributed by atoms with E-state index in [1.807, 2.05) is 24.3 Å². The summed E-state index contributed by atoms with van der Waals surface area (Å²) in [5.41, 5.74) is 22.1. The Hall–Kier alpha value is -9.38. The van der Waals surface area contributed by atoms with E-state index in [0.717, 1.165) is 99.6 Å². The lowest BCUT2D eigenvalue weighted by Crippen LogP contribution is -2.26. The molecule has 0 fully saturated rings. The van der Waals surface area contributed by atoms with Crippen molar-refractivity contribution in [3.8, 4) is 44.5 Å². The van der Waals surface area contributed by atoms with Gasteiger partial charge in [0.2, 0.25) is 0 Å². The second-order valence-electron chi connectivity index (χ2n) is 19.0. The van der Waals surface area contributed by atoms with Gasteiger partial charge in [0, 0.05) is 60.5 Å². The second-order valence-corrected chi connectivity index (χ2v) is 19.0. The predicted molar refractivity (Wildman–Crippen MR) is 290 cm³/mol. The molecule has 330 valence electrons. The highest BCUT2D eigenvalue weighted by molar-refractivity contribution is 6.26. The minimum Gasteiger partial charge on any atom is -0.456 e. The van der Waals surface area contributed by atoms with Crippen molar-refractivity contribution in [3.63, 3.8) is 0 Å². The molecular weight excluding hydrogens is 867 g/mol. The molecule has 0 amide bonds. The smallest absolute Gasteiger partial charge is 0.144 e. The molecule has 4 heteroatoms. The van der Waals surface area contributed by atoms with E-state index >= 15 is 0 Å². The van der Waals surface area contributed by atoms with E-state index < -0.39 is 5.41 Å². The van der Waals surface area contributed by atoms with E-state index in [9.17, 15) is 0 Å². The number of benzene rings is 11. The van der Waals surface area contributed by atoms with Crippen molar-refractivity contribution in [2.24, 2.45) is 0 Å².